The third-order valence-electron chi connectivity index (χ3n) is 3.11. The van der Waals surface area contributed by atoms with Crippen molar-refractivity contribution < 1.29 is 0 Å². The molecule has 0 aromatic carbocycles. The van der Waals surface area contributed by atoms with Gasteiger partial charge in [-0.05, 0) is 38.1 Å². The van der Waals surface area contributed by atoms with Crippen LogP contribution in [0.2, 0.25) is 0 Å². The van der Waals surface area contributed by atoms with Crippen LogP contribution in [-0.2, 0) is 0 Å². The highest BCUT2D eigenvalue weighted by molar-refractivity contribution is 4.86. The molecule has 1 N–H and O–H groups in total. The van der Waals surface area contributed by atoms with E-state index in [0.29, 0.717) is 0 Å². The summed E-state index contributed by atoms with van der Waals surface area (Å²) in [5, 5.41) is 3.52. The van der Waals surface area contributed by atoms with Crippen LogP contribution in [0.5, 0.6) is 0 Å². The van der Waals surface area contributed by atoms with Crippen molar-refractivity contribution in [3.63, 3.8) is 0 Å². The smallest absolute Gasteiger partial charge is 0.00683 e. The van der Waals surface area contributed by atoms with Gasteiger partial charge in [0.25, 0.3) is 0 Å². The normalized spacial score (nSPS) is 17.1. The SMILES string of the molecule is CCC(CC)C/C=C/CCNC1CC1. The predicted molar refractivity (Wildman–Crippen MR) is 63.5 cm³/mol. The Bertz CT molecular complexity index is 155. The summed E-state index contributed by atoms with van der Waals surface area (Å²) in [7, 11) is 0. The third kappa shape index (κ3) is 5.43. The third-order valence-corrected chi connectivity index (χ3v) is 3.11. The van der Waals surface area contributed by atoms with Gasteiger partial charge in [0.2, 0.25) is 0 Å². The quantitative estimate of drug-likeness (QED) is 0.461. The summed E-state index contributed by atoms with van der Waals surface area (Å²) in [5.41, 5.74) is 0. The Kier molecular flexibility index (Phi) is 5.93. The van der Waals surface area contributed by atoms with Gasteiger partial charge >= 0.3 is 0 Å². The first-order valence-corrected chi connectivity index (χ1v) is 6.25. The van der Waals surface area contributed by atoms with Crippen LogP contribution in [0.1, 0.15) is 52.4 Å². The molecule has 1 saturated carbocycles. The molecule has 0 heterocycles. The predicted octanol–water partition coefficient (Wildman–Crippen LogP) is 3.51. The highest BCUT2D eigenvalue weighted by Gasteiger charge is 2.19. The van der Waals surface area contributed by atoms with E-state index in [2.05, 4.69) is 31.3 Å². The van der Waals surface area contributed by atoms with Crippen molar-refractivity contribution in [2.24, 2.45) is 5.92 Å². The van der Waals surface area contributed by atoms with Gasteiger partial charge in [0.05, 0.1) is 0 Å². The van der Waals surface area contributed by atoms with E-state index in [-0.39, 0.29) is 0 Å². The summed E-state index contributed by atoms with van der Waals surface area (Å²) in [6.45, 7) is 5.75. The summed E-state index contributed by atoms with van der Waals surface area (Å²) in [6, 6.07) is 0.863. The Morgan fingerprint density at radius 1 is 1.21 bits per heavy atom. The van der Waals surface area contributed by atoms with Crippen molar-refractivity contribution in [2.75, 3.05) is 6.54 Å². The largest absolute Gasteiger partial charge is 0.314 e. The molecule has 14 heavy (non-hydrogen) atoms. The zero-order valence-electron chi connectivity index (χ0n) is 9.76. The summed E-state index contributed by atoms with van der Waals surface area (Å²) < 4.78 is 0. The fourth-order valence-corrected chi connectivity index (χ4v) is 1.69. The maximum absolute atomic E-state index is 3.52. The van der Waals surface area contributed by atoms with Crippen LogP contribution in [0.4, 0.5) is 0 Å². The molecule has 0 aromatic rings. The summed E-state index contributed by atoms with van der Waals surface area (Å²) in [5.74, 6) is 0.905. The molecule has 0 saturated heterocycles. The summed E-state index contributed by atoms with van der Waals surface area (Å²) >= 11 is 0. The van der Waals surface area contributed by atoms with Crippen molar-refractivity contribution >= 4 is 0 Å². The minimum absolute atomic E-state index is 0.863. The maximum atomic E-state index is 3.52. The van der Waals surface area contributed by atoms with Gasteiger partial charge in [-0.1, -0.05) is 38.8 Å². The molecule has 0 unspecified atom stereocenters. The average molecular weight is 195 g/mol. The van der Waals surface area contributed by atoms with Gasteiger partial charge in [-0.25, -0.2) is 0 Å². The maximum Gasteiger partial charge on any atom is 0.00683 e. The molecule has 0 amide bonds. The lowest BCUT2D eigenvalue weighted by Crippen LogP contribution is -2.16. The molecule has 82 valence electrons. The number of hydrogen-bond donors (Lipinski definition) is 1. The molecule has 0 radical (unpaired) electrons. The molecule has 1 aliphatic rings. The van der Waals surface area contributed by atoms with Gasteiger partial charge in [0.15, 0.2) is 0 Å². The van der Waals surface area contributed by atoms with Crippen LogP contribution >= 0.6 is 0 Å². The van der Waals surface area contributed by atoms with Gasteiger partial charge in [0.1, 0.15) is 0 Å². The molecule has 0 atom stereocenters. The molecule has 1 rings (SSSR count). The van der Waals surface area contributed by atoms with Gasteiger partial charge in [-0.15, -0.1) is 0 Å². The fourth-order valence-electron chi connectivity index (χ4n) is 1.69. The highest BCUT2D eigenvalue weighted by Crippen LogP contribution is 2.18. The Morgan fingerprint density at radius 3 is 2.50 bits per heavy atom. The molecular weight excluding hydrogens is 170 g/mol. The topological polar surface area (TPSA) is 12.0 Å². The first-order valence-electron chi connectivity index (χ1n) is 6.25. The Labute approximate surface area is 89.0 Å². The van der Waals surface area contributed by atoms with Crippen molar-refractivity contribution in [1.29, 1.82) is 0 Å². The molecule has 0 aromatic heterocycles. The lowest BCUT2D eigenvalue weighted by Gasteiger charge is -2.07. The molecule has 0 aliphatic heterocycles. The monoisotopic (exact) mass is 195 g/mol. The standard InChI is InChI=1S/C13H25N/c1-3-12(4-2)8-6-5-7-11-14-13-9-10-13/h5-6,12-14H,3-4,7-11H2,1-2H3/b6-5+. The Morgan fingerprint density at radius 2 is 1.93 bits per heavy atom. The van der Waals surface area contributed by atoms with E-state index in [0.717, 1.165) is 12.0 Å². The summed E-state index contributed by atoms with van der Waals surface area (Å²) in [4.78, 5) is 0. The number of nitrogens with one attached hydrogen (secondary N) is 1. The zero-order valence-corrected chi connectivity index (χ0v) is 9.76. The number of rotatable bonds is 8. The van der Waals surface area contributed by atoms with E-state index in [1.165, 1.54) is 45.1 Å². The Hall–Kier alpha value is -0.300. The minimum atomic E-state index is 0.863. The highest BCUT2D eigenvalue weighted by atomic mass is 14.9. The van der Waals surface area contributed by atoms with Crippen LogP contribution < -0.4 is 5.32 Å². The lowest BCUT2D eigenvalue weighted by atomic mass is 9.99. The van der Waals surface area contributed by atoms with Crippen molar-refractivity contribution in [2.45, 2.75) is 58.4 Å². The second-order valence-corrected chi connectivity index (χ2v) is 4.41. The minimum Gasteiger partial charge on any atom is -0.314 e. The van der Waals surface area contributed by atoms with Crippen LogP contribution in [0.3, 0.4) is 0 Å². The van der Waals surface area contributed by atoms with Crippen LogP contribution in [0, 0.1) is 5.92 Å². The first kappa shape index (κ1) is 11.8. The van der Waals surface area contributed by atoms with Gasteiger partial charge < -0.3 is 5.32 Å². The van der Waals surface area contributed by atoms with Gasteiger partial charge in [-0.2, -0.15) is 0 Å². The number of allylic oxidation sites excluding steroid dienone is 1. The molecular formula is C13H25N. The van der Waals surface area contributed by atoms with E-state index < -0.39 is 0 Å². The molecule has 1 aliphatic carbocycles. The molecule has 0 spiro atoms. The molecule has 1 fully saturated rings. The second-order valence-electron chi connectivity index (χ2n) is 4.41. The fraction of sp³-hybridized carbons (Fsp3) is 0.846. The van der Waals surface area contributed by atoms with Gasteiger partial charge in [0, 0.05) is 6.04 Å². The number of hydrogen-bond acceptors (Lipinski definition) is 1. The molecule has 1 heteroatoms. The first-order chi connectivity index (χ1) is 6.86. The Balaban J connectivity index is 1.90. The van der Waals surface area contributed by atoms with E-state index in [4.69, 9.17) is 0 Å². The van der Waals surface area contributed by atoms with Crippen molar-refractivity contribution in [1.82, 2.24) is 5.32 Å². The van der Waals surface area contributed by atoms with E-state index >= 15 is 0 Å². The molecule has 0 bridgehead atoms. The lowest BCUT2D eigenvalue weighted by molar-refractivity contribution is 0.499. The van der Waals surface area contributed by atoms with Crippen LogP contribution in [0.25, 0.3) is 0 Å². The van der Waals surface area contributed by atoms with E-state index in [1.807, 2.05) is 0 Å². The molecule has 1 nitrogen and oxygen atoms in total. The van der Waals surface area contributed by atoms with Crippen molar-refractivity contribution in [3.8, 4) is 0 Å². The summed E-state index contributed by atoms with van der Waals surface area (Å²) in [6.07, 6.45) is 12.6. The zero-order chi connectivity index (χ0) is 10.2. The van der Waals surface area contributed by atoms with E-state index in [9.17, 15) is 0 Å². The second kappa shape index (κ2) is 7.05. The van der Waals surface area contributed by atoms with Crippen LogP contribution in [-0.4, -0.2) is 12.6 Å². The van der Waals surface area contributed by atoms with Crippen LogP contribution in [0.15, 0.2) is 12.2 Å². The average Bonchev–Trinajstić information content (AvgIpc) is 3.01. The van der Waals surface area contributed by atoms with E-state index in [1.54, 1.807) is 0 Å². The van der Waals surface area contributed by atoms with Crippen molar-refractivity contribution in [3.05, 3.63) is 12.2 Å². The van der Waals surface area contributed by atoms with Gasteiger partial charge in [-0.3, -0.25) is 0 Å².